The molecular formula is C26H22F2N2O7. The minimum Gasteiger partial charge on any atom is -0.354 e. The van der Waals surface area contributed by atoms with Gasteiger partial charge in [-0.2, -0.15) is 28.0 Å². The number of aryl methyl sites for hydroxylation is 2. The first-order chi connectivity index (χ1) is 17.8. The van der Waals surface area contributed by atoms with Crippen LogP contribution >= 0.6 is 0 Å². The Kier molecular flexibility index (Phi) is 13.0. The number of alkyl halides is 2. The van der Waals surface area contributed by atoms with E-state index in [9.17, 15) is 13.6 Å². The molecule has 9 nitrogen and oxygen atoms in total. The maximum Gasteiger partial charge on any atom is 0.373 e. The summed E-state index contributed by atoms with van der Waals surface area (Å²) >= 11 is 0. The third-order valence-corrected chi connectivity index (χ3v) is 4.55. The molecule has 2 heterocycles. The van der Waals surface area contributed by atoms with E-state index in [-0.39, 0.29) is 23.6 Å². The highest BCUT2D eigenvalue weighted by atomic mass is 19.3. The standard InChI is InChI=1S/C12H11F2NO.C12H11NO2.2CO2/c1-2-10-8-11(16-15-10)12(13,14)9-6-4-3-5-7-9;1-2-10-8-11(15-13-10)12(14)9-6-4-3-5-7-9;2*2-1-3/h3-8H,2H2,1H3;3-8H,2H2,1H3;;. The number of rotatable bonds is 6. The van der Waals surface area contributed by atoms with Crippen molar-refractivity contribution in [3.05, 3.63) is 107 Å². The lowest BCUT2D eigenvalue weighted by Gasteiger charge is -2.12. The molecule has 0 bridgehead atoms. The first kappa shape index (κ1) is 30.2. The third kappa shape index (κ3) is 9.37. The van der Waals surface area contributed by atoms with Gasteiger partial charge < -0.3 is 9.05 Å². The first-order valence-corrected chi connectivity index (χ1v) is 10.7. The molecule has 0 aliphatic rings. The summed E-state index contributed by atoms with van der Waals surface area (Å²) in [5.74, 6) is -3.35. The van der Waals surface area contributed by atoms with E-state index in [4.69, 9.17) is 23.7 Å². The van der Waals surface area contributed by atoms with Gasteiger partial charge in [-0.25, -0.2) is 0 Å². The van der Waals surface area contributed by atoms with Crippen molar-refractivity contribution in [3.8, 4) is 0 Å². The fourth-order valence-electron chi connectivity index (χ4n) is 2.73. The normalized spacial score (nSPS) is 9.62. The fraction of sp³-hybridized carbons (Fsp3) is 0.192. The zero-order valence-corrected chi connectivity index (χ0v) is 19.9. The van der Waals surface area contributed by atoms with Gasteiger partial charge in [0.25, 0.3) is 0 Å². The molecule has 0 aliphatic carbocycles. The number of nitrogens with zero attached hydrogens (tertiary/aromatic N) is 2. The largest absolute Gasteiger partial charge is 0.373 e. The number of hydrogen-bond donors (Lipinski definition) is 0. The Morgan fingerprint density at radius 2 is 1.24 bits per heavy atom. The lowest BCUT2D eigenvalue weighted by molar-refractivity contribution is -0.193. The van der Waals surface area contributed by atoms with E-state index in [0.717, 1.165) is 12.1 Å². The predicted octanol–water partition coefficient (Wildman–Crippen LogP) is 4.68. The SMILES string of the molecule is CCc1cc(C(=O)c2ccccc2)on1.CCc1cc(C(F)(F)c2ccccc2)on1.O=C=O.O=C=O. The van der Waals surface area contributed by atoms with E-state index in [1.54, 1.807) is 36.4 Å². The molecule has 192 valence electrons. The molecule has 2 aromatic carbocycles. The number of halogens is 2. The van der Waals surface area contributed by atoms with Crippen LogP contribution in [0.2, 0.25) is 0 Å². The lowest BCUT2D eigenvalue weighted by Crippen LogP contribution is -2.13. The third-order valence-electron chi connectivity index (χ3n) is 4.55. The average molecular weight is 512 g/mol. The van der Waals surface area contributed by atoms with Gasteiger partial charge in [-0.05, 0) is 12.8 Å². The molecule has 0 aliphatic heterocycles. The molecule has 0 radical (unpaired) electrons. The van der Waals surface area contributed by atoms with Crippen LogP contribution in [-0.4, -0.2) is 28.4 Å². The molecule has 0 unspecified atom stereocenters. The number of benzene rings is 2. The maximum absolute atomic E-state index is 13.9. The van der Waals surface area contributed by atoms with Crippen molar-refractivity contribution < 1.29 is 41.8 Å². The Hall–Kier alpha value is -4.85. The van der Waals surface area contributed by atoms with Crippen molar-refractivity contribution in [1.82, 2.24) is 10.3 Å². The molecule has 0 saturated heterocycles. The topological polar surface area (TPSA) is 137 Å². The number of hydrogen-bond acceptors (Lipinski definition) is 9. The number of ketones is 1. The summed E-state index contributed by atoms with van der Waals surface area (Å²) in [6.07, 6.45) is 1.85. The van der Waals surface area contributed by atoms with E-state index in [1.807, 2.05) is 32.0 Å². The summed E-state index contributed by atoms with van der Waals surface area (Å²) in [6, 6.07) is 19.6. The van der Waals surface area contributed by atoms with Gasteiger partial charge in [0.15, 0.2) is 0 Å². The highest BCUT2D eigenvalue weighted by Gasteiger charge is 2.38. The van der Waals surface area contributed by atoms with Crippen molar-refractivity contribution in [1.29, 1.82) is 0 Å². The van der Waals surface area contributed by atoms with Gasteiger partial charge in [-0.1, -0.05) is 84.8 Å². The van der Waals surface area contributed by atoms with Crippen LogP contribution in [0.5, 0.6) is 0 Å². The van der Waals surface area contributed by atoms with Crippen LogP contribution < -0.4 is 0 Å². The zero-order valence-electron chi connectivity index (χ0n) is 19.9. The van der Waals surface area contributed by atoms with Gasteiger partial charge >= 0.3 is 18.2 Å². The number of carbonyl (C=O) groups is 1. The van der Waals surface area contributed by atoms with Crippen molar-refractivity contribution >= 4 is 18.1 Å². The second-order valence-corrected chi connectivity index (χ2v) is 6.87. The number of aromatic nitrogens is 2. The van der Waals surface area contributed by atoms with Crippen molar-refractivity contribution in [2.75, 3.05) is 0 Å². The van der Waals surface area contributed by atoms with E-state index in [1.165, 1.54) is 18.2 Å². The van der Waals surface area contributed by atoms with Crippen LogP contribution in [0.1, 0.15) is 52.7 Å². The Labute approximate surface area is 210 Å². The molecule has 0 saturated carbocycles. The minimum atomic E-state index is -3.12. The van der Waals surface area contributed by atoms with Crippen LogP contribution in [0.4, 0.5) is 8.78 Å². The molecule has 4 aromatic rings. The molecule has 37 heavy (non-hydrogen) atoms. The maximum atomic E-state index is 13.9. The van der Waals surface area contributed by atoms with Gasteiger partial charge in [-0.3, -0.25) is 4.79 Å². The highest BCUT2D eigenvalue weighted by Crippen LogP contribution is 2.35. The Bertz CT molecular complexity index is 1280. The summed E-state index contributed by atoms with van der Waals surface area (Å²) in [6.45, 7) is 3.80. The summed E-state index contributed by atoms with van der Waals surface area (Å²) in [4.78, 5) is 44.3. The van der Waals surface area contributed by atoms with E-state index < -0.39 is 11.7 Å². The summed E-state index contributed by atoms with van der Waals surface area (Å²) in [5, 5.41) is 7.36. The van der Waals surface area contributed by atoms with E-state index in [0.29, 0.717) is 23.4 Å². The van der Waals surface area contributed by atoms with Crippen molar-refractivity contribution in [2.24, 2.45) is 0 Å². The molecule has 2 aromatic heterocycles. The molecule has 11 heteroatoms. The van der Waals surface area contributed by atoms with Crippen LogP contribution in [0, 0.1) is 0 Å². The smallest absolute Gasteiger partial charge is 0.354 e. The van der Waals surface area contributed by atoms with Crippen LogP contribution in [0.15, 0.2) is 81.8 Å². The Morgan fingerprint density at radius 3 is 1.70 bits per heavy atom. The zero-order chi connectivity index (χ0) is 27.7. The van der Waals surface area contributed by atoms with Gasteiger partial charge in [0, 0.05) is 23.3 Å². The van der Waals surface area contributed by atoms with Gasteiger partial charge in [0.2, 0.25) is 17.3 Å². The molecule has 0 atom stereocenters. The summed E-state index contributed by atoms with van der Waals surface area (Å²) < 4.78 is 37.5. The Morgan fingerprint density at radius 1 is 0.784 bits per heavy atom. The summed E-state index contributed by atoms with van der Waals surface area (Å²) in [7, 11) is 0. The molecule has 0 fully saturated rings. The predicted molar refractivity (Wildman–Crippen MR) is 121 cm³/mol. The van der Waals surface area contributed by atoms with Crippen molar-refractivity contribution in [3.63, 3.8) is 0 Å². The fourth-order valence-corrected chi connectivity index (χ4v) is 2.73. The van der Waals surface area contributed by atoms with Gasteiger partial charge in [0.1, 0.15) is 0 Å². The van der Waals surface area contributed by atoms with E-state index in [2.05, 4.69) is 14.8 Å². The molecular weight excluding hydrogens is 490 g/mol. The van der Waals surface area contributed by atoms with Crippen LogP contribution in [0.25, 0.3) is 0 Å². The second kappa shape index (κ2) is 15.9. The quantitative estimate of drug-likeness (QED) is 0.337. The second-order valence-electron chi connectivity index (χ2n) is 6.87. The average Bonchev–Trinajstić information content (AvgIpc) is 3.61. The summed E-state index contributed by atoms with van der Waals surface area (Å²) in [5.41, 5.74) is 1.87. The minimum absolute atomic E-state index is 0.0891. The van der Waals surface area contributed by atoms with Crippen molar-refractivity contribution in [2.45, 2.75) is 32.6 Å². The van der Waals surface area contributed by atoms with Gasteiger partial charge in [0.05, 0.1) is 11.4 Å². The van der Waals surface area contributed by atoms with Crippen LogP contribution in [-0.2, 0) is 37.9 Å². The van der Waals surface area contributed by atoms with Crippen LogP contribution in [0.3, 0.4) is 0 Å². The molecule has 0 N–H and O–H groups in total. The molecule has 0 spiro atoms. The monoisotopic (exact) mass is 512 g/mol. The molecule has 0 amide bonds. The highest BCUT2D eigenvalue weighted by molar-refractivity contribution is 6.07. The Balaban J connectivity index is 0.000000306. The molecule has 4 rings (SSSR count). The number of carbonyl (C=O) groups excluding carboxylic acids is 5. The first-order valence-electron chi connectivity index (χ1n) is 10.7. The van der Waals surface area contributed by atoms with Gasteiger partial charge in [-0.15, -0.1) is 0 Å². The lowest BCUT2D eigenvalue weighted by atomic mass is 10.1. The van der Waals surface area contributed by atoms with E-state index >= 15 is 0 Å².